The number of rotatable bonds is 2. The molecular weight excluding hydrogens is 291 g/mol. The highest BCUT2D eigenvalue weighted by Gasteiger charge is 2.10. The molecule has 0 atom stereocenters. The Kier molecular flexibility index (Phi) is 3.47. The molecule has 5 heteroatoms. The number of aryl methyl sites for hydroxylation is 1. The van der Waals surface area contributed by atoms with Gasteiger partial charge in [-0.2, -0.15) is 0 Å². The molecule has 0 aliphatic carbocycles. The fraction of sp³-hybridized carbons (Fsp3) is 0.125. The summed E-state index contributed by atoms with van der Waals surface area (Å²) in [6, 6.07) is 10.2. The van der Waals surface area contributed by atoms with Gasteiger partial charge in [-0.05, 0) is 42.8 Å². The number of aromatic nitrogens is 2. The minimum Gasteiger partial charge on any atom is -0.497 e. The summed E-state index contributed by atoms with van der Waals surface area (Å²) in [5.41, 5.74) is 1.95. The second kappa shape index (κ2) is 5.30. The first-order chi connectivity index (χ1) is 10.1. The minimum atomic E-state index is -0.257. The predicted octanol–water partition coefficient (Wildman–Crippen LogP) is 4.41. The van der Waals surface area contributed by atoms with Crippen LogP contribution in [0, 0.1) is 12.7 Å². The van der Waals surface area contributed by atoms with Crippen molar-refractivity contribution in [1.82, 2.24) is 9.97 Å². The van der Waals surface area contributed by atoms with Crippen LogP contribution in [0.15, 0.2) is 36.4 Å². The molecule has 0 fully saturated rings. The molecule has 106 valence electrons. The van der Waals surface area contributed by atoms with Gasteiger partial charge < -0.3 is 4.74 Å². The Hall–Kier alpha value is -2.20. The van der Waals surface area contributed by atoms with Gasteiger partial charge in [0.2, 0.25) is 0 Å². The van der Waals surface area contributed by atoms with Crippen molar-refractivity contribution >= 4 is 22.5 Å². The summed E-state index contributed by atoms with van der Waals surface area (Å²) >= 11 is 6.21. The second-order valence-electron chi connectivity index (χ2n) is 4.69. The van der Waals surface area contributed by atoms with E-state index in [9.17, 15) is 4.39 Å². The lowest BCUT2D eigenvalue weighted by atomic mass is 10.1. The zero-order chi connectivity index (χ0) is 15.0. The Morgan fingerprint density at radius 2 is 1.90 bits per heavy atom. The molecule has 1 heterocycles. The van der Waals surface area contributed by atoms with E-state index >= 15 is 0 Å². The van der Waals surface area contributed by atoms with Crippen molar-refractivity contribution in [2.24, 2.45) is 0 Å². The van der Waals surface area contributed by atoms with Gasteiger partial charge in [0.15, 0.2) is 5.82 Å². The van der Waals surface area contributed by atoms with Gasteiger partial charge in [0.05, 0.1) is 12.6 Å². The van der Waals surface area contributed by atoms with Crippen molar-refractivity contribution in [3.8, 4) is 17.1 Å². The highest BCUT2D eigenvalue weighted by atomic mass is 35.5. The standard InChI is InChI=1S/C16H12ClFN2O/c1-9-7-10(3-6-13(9)18)16-19-14-8-11(21-2)4-5-12(14)15(17)20-16/h3-8H,1-2H3. The average Bonchev–Trinajstić information content (AvgIpc) is 2.49. The Balaban J connectivity index is 2.20. The molecule has 0 aliphatic heterocycles. The van der Waals surface area contributed by atoms with Crippen LogP contribution in [0.2, 0.25) is 5.15 Å². The van der Waals surface area contributed by atoms with E-state index in [4.69, 9.17) is 16.3 Å². The van der Waals surface area contributed by atoms with E-state index in [1.54, 1.807) is 38.3 Å². The molecule has 0 amide bonds. The lowest BCUT2D eigenvalue weighted by molar-refractivity contribution is 0.415. The van der Waals surface area contributed by atoms with E-state index in [0.29, 0.717) is 27.8 Å². The van der Waals surface area contributed by atoms with E-state index < -0.39 is 0 Å². The lowest BCUT2D eigenvalue weighted by Gasteiger charge is -2.07. The van der Waals surface area contributed by atoms with Crippen molar-refractivity contribution in [2.75, 3.05) is 7.11 Å². The van der Waals surface area contributed by atoms with Crippen LogP contribution in [-0.2, 0) is 0 Å². The van der Waals surface area contributed by atoms with Crippen molar-refractivity contribution in [1.29, 1.82) is 0 Å². The monoisotopic (exact) mass is 302 g/mol. The van der Waals surface area contributed by atoms with Gasteiger partial charge in [-0.15, -0.1) is 0 Å². The number of benzene rings is 2. The molecule has 3 nitrogen and oxygen atoms in total. The summed E-state index contributed by atoms with van der Waals surface area (Å²) in [5.74, 6) is 0.898. The first-order valence-electron chi connectivity index (χ1n) is 6.36. The van der Waals surface area contributed by atoms with E-state index in [0.717, 1.165) is 10.9 Å². The summed E-state index contributed by atoms with van der Waals surface area (Å²) in [5, 5.41) is 1.11. The van der Waals surface area contributed by atoms with Crippen molar-refractivity contribution < 1.29 is 9.13 Å². The maximum Gasteiger partial charge on any atom is 0.161 e. The van der Waals surface area contributed by atoms with E-state index in [-0.39, 0.29) is 5.82 Å². The van der Waals surface area contributed by atoms with Gasteiger partial charge in [-0.25, -0.2) is 14.4 Å². The molecule has 2 aromatic carbocycles. The molecule has 0 unspecified atom stereocenters. The molecule has 0 aliphatic rings. The first kappa shape index (κ1) is 13.8. The van der Waals surface area contributed by atoms with E-state index in [2.05, 4.69) is 9.97 Å². The van der Waals surface area contributed by atoms with Gasteiger partial charge in [0.25, 0.3) is 0 Å². The van der Waals surface area contributed by atoms with Crippen LogP contribution in [-0.4, -0.2) is 17.1 Å². The number of methoxy groups -OCH3 is 1. The Bertz CT molecular complexity index is 836. The molecule has 0 saturated carbocycles. The number of nitrogens with zero attached hydrogens (tertiary/aromatic N) is 2. The first-order valence-corrected chi connectivity index (χ1v) is 6.74. The summed E-state index contributed by atoms with van der Waals surface area (Å²) in [6.45, 7) is 1.70. The smallest absolute Gasteiger partial charge is 0.161 e. The maximum atomic E-state index is 13.4. The Labute approximate surface area is 126 Å². The molecule has 3 rings (SSSR count). The number of hydrogen-bond donors (Lipinski definition) is 0. The third kappa shape index (κ3) is 2.54. The van der Waals surface area contributed by atoms with Gasteiger partial charge in [-0.1, -0.05) is 11.6 Å². The molecule has 0 spiro atoms. The average molecular weight is 303 g/mol. The Morgan fingerprint density at radius 1 is 1.10 bits per heavy atom. The predicted molar refractivity (Wildman–Crippen MR) is 81.2 cm³/mol. The van der Waals surface area contributed by atoms with Crippen LogP contribution in [0.25, 0.3) is 22.3 Å². The number of ether oxygens (including phenoxy) is 1. The van der Waals surface area contributed by atoms with Gasteiger partial charge >= 0.3 is 0 Å². The zero-order valence-electron chi connectivity index (χ0n) is 11.5. The van der Waals surface area contributed by atoms with E-state index in [1.165, 1.54) is 6.07 Å². The van der Waals surface area contributed by atoms with Gasteiger partial charge in [0, 0.05) is 17.0 Å². The second-order valence-corrected chi connectivity index (χ2v) is 5.04. The van der Waals surface area contributed by atoms with Crippen LogP contribution in [0.5, 0.6) is 5.75 Å². The normalized spacial score (nSPS) is 10.9. The highest BCUT2D eigenvalue weighted by Crippen LogP contribution is 2.28. The van der Waals surface area contributed by atoms with Crippen LogP contribution < -0.4 is 4.74 Å². The number of hydrogen-bond acceptors (Lipinski definition) is 3. The molecule has 3 aromatic rings. The van der Waals surface area contributed by atoms with Crippen LogP contribution in [0.3, 0.4) is 0 Å². The van der Waals surface area contributed by atoms with Crippen molar-refractivity contribution in [2.45, 2.75) is 6.92 Å². The minimum absolute atomic E-state index is 0.257. The summed E-state index contributed by atoms with van der Waals surface area (Å²) in [7, 11) is 1.59. The fourth-order valence-electron chi connectivity index (χ4n) is 2.11. The van der Waals surface area contributed by atoms with Crippen molar-refractivity contribution in [3.05, 3.63) is 52.9 Å². The number of halogens is 2. The van der Waals surface area contributed by atoms with Crippen LogP contribution in [0.1, 0.15) is 5.56 Å². The van der Waals surface area contributed by atoms with Gasteiger partial charge in [0.1, 0.15) is 16.7 Å². The third-order valence-electron chi connectivity index (χ3n) is 3.27. The molecule has 0 bridgehead atoms. The summed E-state index contributed by atoms with van der Waals surface area (Å²) < 4.78 is 18.6. The highest BCUT2D eigenvalue weighted by molar-refractivity contribution is 6.34. The van der Waals surface area contributed by atoms with Crippen LogP contribution >= 0.6 is 11.6 Å². The Morgan fingerprint density at radius 3 is 2.62 bits per heavy atom. The molecule has 0 radical (unpaired) electrons. The molecule has 0 N–H and O–H groups in total. The summed E-state index contributed by atoms with van der Waals surface area (Å²) in [4.78, 5) is 8.78. The van der Waals surface area contributed by atoms with Crippen LogP contribution in [0.4, 0.5) is 4.39 Å². The third-order valence-corrected chi connectivity index (χ3v) is 3.56. The number of fused-ring (bicyclic) bond motifs is 1. The molecule has 0 saturated heterocycles. The van der Waals surface area contributed by atoms with Crippen molar-refractivity contribution in [3.63, 3.8) is 0 Å². The topological polar surface area (TPSA) is 35.0 Å². The lowest BCUT2D eigenvalue weighted by Crippen LogP contribution is -1.94. The fourth-order valence-corrected chi connectivity index (χ4v) is 2.35. The largest absolute Gasteiger partial charge is 0.497 e. The molecular formula is C16H12ClFN2O. The molecule has 21 heavy (non-hydrogen) atoms. The van der Waals surface area contributed by atoms with Gasteiger partial charge in [-0.3, -0.25) is 0 Å². The SMILES string of the molecule is COc1ccc2c(Cl)nc(-c3ccc(F)c(C)c3)nc2c1. The molecule has 1 aromatic heterocycles. The summed E-state index contributed by atoms with van der Waals surface area (Å²) in [6.07, 6.45) is 0. The maximum absolute atomic E-state index is 13.4. The quantitative estimate of drug-likeness (QED) is 0.658. The van der Waals surface area contributed by atoms with E-state index in [1.807, 2.05) is 6.07 Å². The zero-order valence-corrected chi connectivity index (χ0v) is 12.3.